The van der Waals surface area contributed by atoms with Crippen LogP contribution in [-0.2, 0) is 19.6 Å². The van der Waals surface area contributed by atoms with Crippen molar-refractivity contribution in [2.75, 3.05) is 13.2 Å². The molecular weight excluding hydrogens is 360 g/mol. The zero-order valence-electron chi connectivity index (χ0n) is 14.6. The number of ether oxygens (including phenoxy) is 1. The minimum atomic E-state index is -3.70. The Kier molecular flexibility index (Phi) is 6.98. The summed E-state index contributed by atoms with van der Waals surface area (Å²) in [6.45, 7) is 2.30. The number of aliphatic carboxylic acids is 1. The Balaban J connectivity index is 1.77. The summed E-state index contributed by atoms with van der Waals surface area (Å²) in [6, 6.07) is 5.87. The summed E-state index contributed by atoms with van der Waals surface area (Å²) in [5, 5.41) is 11.7. The number of carboxylic acids is 1. The van der Waals surface area contributed by atoms with Gasteiger partial charge in [-0.2, -0.15) is 0 Å². The lowest BCUT2D eigenvalue weighted by atomic mass is 10.1. The van der Waals surface area contributed by atoms with Gasteiger partial charge in [0.25, 0.3) is 0 Å². The topological polar surface area (TPSA) is 122 Å². The SMILES string of the molecule is CCOc1ccc(S(=O)(=O)NCCC(=O)N[C@H]2CC[C@@H](C(=O)O)C2)cc1. The summed E-state index contributed by atoms with van der Waals surface area (Å²) < 4.78 is 32.0. The molecule has 0 saturated heterocycles. The summed E-state index contributed by atoms with van der Waals surface area (Å²) in [4.78, 5) is 22.9. The fourth-order valence-electron chi connectivity index (χ4n) is 2.90. The maximum atomic E-state index is 12.2. The highest BCUT2D eigenvalue weighted by Crippen LogP contribution is 2.25. The van der Waals surface area contributed by atoms with Gasteiger partial charge < -0.3 is 15.2 Å². The molecular formula is C17H24N2O6S. The molecule has 1 amide bonds. The maximum absolute atomic E-state index is 12.2. The first-order valence-corrected chi connectivity index (χ1v) is 10.0. The maximum Gasteiger partial charge on any atom is 0.306 e. The third-order valence-electron chi connectivity index (χ3n) is 4.24. The Morgan fingerprint density at radius 1 is 1.23 bits per heavy atom. The predicted octanol–water partition coefficient (Wildman–Crippen LogP) is 1.12. The second-order valence-corrected chi connectivity index (χ2v) is 7.93. The van der Waals surface area contributed by atoms with Crippen molar-refractivity contribution in [1.29, 1.82) is 0 Å². The number of carboxylic acid groups (broad SMARTS) is 1. The van der Waals surface area contributed by atoms with E-state index in [1.807, 2.05) is 6.92 Å². The first-order valence-electron chi connectivity index (χ1n) is 8.56. The highest BCUT2D eigenvalue weighted by Gasteiger charge is 2.30. The number of sulfonamides is 1. The molecule has 1 aliphatic rings. The third kappa shape index (κ3) is 5.70. The molecule has 2 rings (SSSR count). The number of nitrogens with one attached hydrogen (secondary N) is 2. The Hall–Kier alpha value is -2.13. The average Bonchev–Trinajstić information content (AvgIpc) is 3.04. The number of amides is 1. The van der Waals surface area contributed by atoms with E-state index in [1.165, 1.54) is 12.1 Å². The monoisotopic (exact) mass is 384 g/mol. The number of benzene rings is 1. The quantitative estimate of drug-likeness (QED) is 0.587. The molecule has 1 aliphatic carbocycles. The summed E-state index contributed by atoms with van der Waals surface area (Å²) >= 11 is 0. The number of rotatable bonds is 9. The molecule has 9 heteroatoms. The third-order valence-corrected chi connectivity index (χ3v) is 5.71. The smallest absolute Gasteiger partial charge is 0.306 e. The van der Waals surface area contributed by atoms with Gasteiger partial charge in [0.15, 0.2) is 0 Å². The Morgan fingerprint density at radius 2 is 1.92 bits per heavy atom. The molecule has 0 radical (unpaired) electrons. The van der Waals surface area contributed by atoms with Gasteiger partial charge >= 0.3 is 5.97 Å². The van der Waals surface area contributed by atoms with Crippen LogP contribution in [-0.4, -0.2) is 44.6 Å². The van der Waals surface area contributed by atoms with Crippen molar-refractivity contribution in [2.45, 2.75) is 43.5 Å². The Labute approximate surface area is 153 Å². The molecule has 0 aromatic heterocycles. The van der Waals surface area contributed by atoms with Crippen LogP contribution < -0.4 is 14.8 Å². The number of hydrogen-bond donors (Lipinski definition) is 3. The van der Waals surface area contributed by atoms with Gasteiger partial charge in [-0.15, -0.1) is 0 Å². The van der Waals surface area contributed by atoms with Gasteiger partial charge in [0, 0.05) is 19.0 Å². The molecule has 0 bridgehead atoms. The van der Waals surface area contributed by atoms with Gasteiger partial charge in [-0.05, 0) is 50.5 Å². The van der Waals surface area contributed by atoms with Crippen LogP contribution >= 0.6 is 0 Å². The van der Waals surface area contributed by atoms with Crippen LogP contribution in [0.3, 0.4) is 0 Å². The van der Waals surface area contributed by atoms with Crippen LogP contribution in [0.15, 0.2) is 29.2 Å². The summed E-state index contributed by atoms with van der Waals surface area (Å²) in [5.41, 5.74) is 0. The molecule has 0 spiro atoms. The first-order chi connectivity index (χ1) is 12.3. The number of carbonyl (C=O) groups excluding carboxylic acids is 1. The normalized spacial score (nSPS) is 19.9. The van der Waals surface area contributed by atoms with Gasteiger partial charge in [0.05, 0.1) is 17.4 Å². The molecule has 3 N–H and O–H groups in total. The molecule has 1 aromatic carbocycles. The molecule has 26 heavy (non-hydrogen) atoms. The van der Waals surface area contributed by atoms with Crippen molar-refractivity contribution in [3.05, 3.63) is 24.3 Å². The molecule has 8 nitrogen and oxygen atoms in total. The van der Waals surface area contributed by atoms with E-state index in [2.05, 4.69) is 10.0 Å². The molecule has 0 heterocycles. The van der Waals surface area contributed by atoms with Gasteiger partial charge in [-0.3, -0.25) is 9.59 Å². The van der Waals surface area contributed by atoms with E-state index in [4.69, 9.17) is 9.84 Å². The molecule has 0 unspecified atom stereocenters. The molecule has 144 valence electrons. The van der Waals surface area contributed by atoms with Crippen molar-refractivity contribution in [2.24, 2.45) is 5.92 Å². The highest BCUT2D eigenvalue weighted by molar-refractivity contribution is 7.89. The summed E-state index contributed by atoms with van der Waals surface area (Å²) in [7, 11) is -3.70. The second-order valence-electron chi connectivity index (χ2n) is 6.16. The minimum absolute atomic E-state index is 0.00943. The van der Waals surface area contributed by atoms with Crippen molar-refractivity contribution >= 4 is 21.9 Å². The van der Waals surface area contributed by atoms with Crippen LogP contribution in [0.2, 0.25) is 0 Å². The lowest BCUT2D eigenvalue weighted by molar-refractivity contribution is -0.141. The van der Waals surface area contributed by atoms with E-state index in [9.17, 15) is 18.0 Å². The van der Waals surface area contributed by atoms with Gasteiger partial charge in [-0.25, -0.2) is 13.1 Å². The van der Waals surface area contributed by atoms with Crippen molar-refractivity contribution in [3.63, 3.8) is 0 Å². The van der Waals surface area contributed by atoms with Crippen LogP contribution in [0.4, 0.5) is 0 Å². The predicted molar refractivity (Wildman–Crippen MR) is 94.3 cm³/mol. The molecule has 1 aromatic rings. The summed E-state index contributed by atoms with van der Waals surface area (Å²) in [5.74, 6) is -0.971. The van der Waals surface area contributed by atoms with Gasteiger partial charge in [-0.1, -0.05) is 0 Å². The highest BCUT2D eigenvalue weighted by atomic mass is 32.2. The van der Waals surface area contributed by atoms with Crippen LogP contribution in [0.25, 0.3) is 0 Å². The zero-order valence-corrected chi connectivity index (χ0v) is 15.4. The molecule has 1 saturated carbocycles. The van der Waals surface area contributed by atoms with E-state index in [0.29, 0.717) is 31.6 Å². The van der Waals surface area contributed by atoms with Crippen LogP contribution in [0.1, 0.15) is 32.6 Å². The molecule has 1 fully saturated rings. The summed E-state index contributed by atoms with van der Waals surface area (Å²) in [6.07, 6.45) is 1.58. The second kappa shape index (κ2) is 9.00. The van der Waals surface area contributed by atoms with Gasteiger partial charge in [0.2, 0.25) is 15.9 Å². The van der Waals surface area contributed by atoms with E-state index in [0.717, 1.165) is 0 Å². The van der Waals surface area contributed by atoms with Crippen molar-refractivity contribution in [3.8, 4) is 5.75 Å². The average molecular weight is 384 g/mol. The number of hydrogen-bond acceptors (Lipinski definition) is 5. The van der Waals surface area contributed by atoms with E-state index >= 15 is 0 Å². The largest absolute Gasteiger partial charge is 0.494 e. The number of carbonyl (C=O) groups is 2. The fourth-order valence-corrected chi connectivity index (χ4v) is 3.93. The Bertz CT molecular complexity index is 732. The van der Waals surface area contributed by atoms with E-state index in [-0.39, 0.29) is 29.8 Å². The lowest BCUT2D eigenvalue weighted by Gasteiger charge is -2.13. The van der Waals surface area contributed by atoms with Gasteiger partial charge in [0.1, 0.15) is 5.75 Å². The van der Waals surface area contributed by atoms with E-state index < -0.39 is 21.9 Å². The van der Waals surface area contributed by atoms with Crippen molar-refractivity contribution < 1.29 is 27.9 Å². The van der Waals surface area contributed by atoms with Crippen LogP contribution in [0, 0.1) is 5.92 Å². The lowest BCUT2D eigenvalue weighted by Crippen LogP contribution is -2.36. The first kappa shape index (κ1) is 20.2. The molecule has 0 aliphatic heterocycles. The molecule has 2 atom stereocenters. The van der Waals surface area contributed by atoms with Crippen LogP contribution in [0.5, 0.6) is 5.75 Å². The Morgan fingerprint density at radius 3 is 2.50 bits per heavy atom. The van der Waals surface area contributed by atoms with Crippen molar-refractivity contribution in [1.82, 2.24) is 10.0 Å². The minimum Gasteiger partial charge on any atom is -0.494 e. The van der Waals surface area contributed by atoms with E-state index in [1.54, 1.807) is 12.1 Å². The standard InChI is InChI=1S/C17H24N2O6S/c1-2-25-14-5-7-15(8-6-14)26(23,24)18-10-9-16(20)19-13-4-3-12(11-13)17(21)22/h5-8,12-13,18H,2-4,9-11H2,1H3,(H,19,20)(H,21,22)/t12-,13+/m1/s1. The fraction of sp³-hybridized carbons (Fsp3) is 0.529. The zero-order chi connectivity index (χ0) is 19.2.